The van der Waals surface area contributed by atoms with Crippen LogP contribution in [0.2, 0.25) is 0 Å². The summed E-state index contributed by atoms with van der Waals surface area (Å²) in [7, 11) is 0. The molecule has 1 fully saturated rings. The number of aromatic nitrogens is 3. The summed E-state index contributed by atoms with van der Waals surface area (Å²) in [5.74, 6) is 0.156. The molecule has 2 aromatic heterocycles. The number of nitrogens with zero attached hydrogens (tertiary/aromatic N) is 5. The Morgan fingerprint density at radius 3 is 2.33 bits per heavy atom. The first kappa shape index (κ1) is 20.2. The first-order valence-electron chi connectivity index (χ1n) is 10.4. The second kappa shape index (κ2) is 8.75. The van der Waals surface area contributed by atoms with Crippen molar-refractivity contribution in [3.05, 3.63) is 70.4 Å². The molecule has 0 saturated carbocycles. The Morgan fingerprint density at radius 2 is 1.67 bits per heavy atom. The maximum absolute atomic E-state index is 13.3. The Balaban J connectivity index is 1.55. The number of piperazine rings is 1. The molecule has 1 aliphatic rings. The van der Waals surface area contributed by atoms with Gasteiger partial charge in [-0.3, -0.25) is 19.5 Å². The number of carbonyl (C=O) groups is 1. The minimum Gasteiger partial charge on any atom is -0.335 e. The van der Waals surface area contributed by atoms with Gasteiger partial charge in [-0.05, 0) is 29.7 Å². The first-order valence-corrected chi connectivity index (χ1v) is 10.4. The molecular weight excluding hydrogens is 378 g/mol. The standard InChI is InChI=1S/C23H27N5O2/c1-17(2)15-28-22(29)20-6-4-3-5-19(20)21(25-28)23(30)27-13-11-26(12-14-27)16-18-7-9-24-10-8-18/h3-10,17H,11-16H2,1-2H3. The Hall–Kier alpha value is -3.06. The van der Waals surface area contributed by atoms with Crippen molar-refractivity contribution in [3.63, 3.8) is 0 Å². The number of pyridine rings is 1. The van der Waals surface area contributed by atoms with E-state index in [4.69, 9.17) is 0 Å². The van der Waals surface area contributed by atoms with E-state index in [0.717, 1.165) is 19.6 Å². The number of hydrogen-bond acceptors (Lipinski definition) is 5. The van der Waals surface area contributed by atoms with E-state index in [1.165, 1.54) is 10.2 Å². The third-order valence-corrected chi connectivity index (χ3v) is 5.42. The number of carbonyl (C=O) groups excluding carboxylic acids is 1. The third-order valence-electron chi connectivity index (χ3n) is 5.42. The second-order valence-corrected chi connectivity index (χ2v) is 8.20. The SMILES string of the molecule is CC(C)Cn1nc(C(=O)N2CCN(Cc3ccncc3)CC2)c2ccccc2c1=O. The summed E-state index contributed by atoms with van der Waals surface area (Å²) >= 11 is 0. The summed E-state index contributed by atoms with van der Waals surface area (Å²) in [5, 5.41) is 5.68. The lowest BCUT2D eigenvalue weighted by molar-refractivity contribution is 0.0622. The predicted molar refractivity (Wildman–Crippen MR) is 116 cm³/mol. The molecule has 3 aromatic rings. The molecule has 0 atom stereocenters. The summed E-state index contributed by atoms with van der Waals surface area (Å²) in [6.07, 6.45) is 3.61. The lowest BCUT2D eigenvalue weighted by atomic mass is 10.1. The van der Waals surface area contributed by atoms with Crippen molar-refractivity contribution in [2.75, 3.05) is 26.2 Å². The highest BCUT2D eigenvalue weighted by Crippen LogP contribution is 2.17. The fraction of sp³-hybridized carbons (Fsp3) is 0.391. The zero-order chi connectivity index (χ0) is 21.1. The highest BCUT2D eigenvalue weighted by atomic mass is 16.2. The Labute approximate surface area is 175 Å². The lowest BCUT2D eigenvalue weighted by Gasteiger charge is -2.34. The summed E-state index contributed by atoms with van der Waals surface area (Å²) in [6.45, 7) is 8.30. The van der Waals surface area contributed by atoms with Crippen LogP contribution in [0.15, 0.2) is 53.6 Å². The van der Waals surface area contributed by atoms with Crippen molar-refractivity contribution in [1.82, 2.24) is 24.6 Å². The third kappa shape index (κ3) is 4.26. The van der Waals surface area contributed by atoms with Gasteiger partial charge >= 0.3 is 0 Å². The lowest BCUT2D eigenvalue weighted by Crippen LogP contribution is -2.48. The molecule has 156 valence electrons. The minimum absolute atomic E-state index is 0.104. The van der Waals surface area contributed by atoms with Crippen molar-refractivity contribution in [2.24, 2.45) is 5.92 Å². The van der Waals surface area contributed by atoms with E-state index in [0.29, 0.717) is 36.1 Å². The molecule has 0 spiro atoms. The number of rotatable bonds is 5. The van der Waals surface area contributed by atoms with Crippen molar-refractivity contribution in [3.8, 4) is 0 Å². The topological polar surface area (TPSA) is 71.3 Å². The first-order chi connectivity index (χ1) is 14.5. The molecule has 0 aliphatic carbocycles. The molecule has 1 aliphatic heterocycles. The maximum atomic E-state index is 13.3. The summed E-state index contributed by atoms with van der Waals surface area (Å²) in [4.78, 5) is 34.4. The zero-order valence-electron chi connectivity index (χ0n) is 17.5. The number of amides is 1. The van der Waals surface area contributed by atoms with Gasteiger partial charge in [-0.15, -0.1) is 0 Å². The van der Waals surface area contributed by atoms with Crippen LogP contribution in [0.1, 0.15) is 29.9 Å². The molecule has 7 nitrogen and oxygen atoms in total. The van der Waals surface area contributed by atoms with Crippen molar-refractivity contribution < 1.29 is 4.79 Å². The fourth-order valence-corrected chi connectivity index (χ4v) is 3.87. The Morgan fingerprint density at radius 1 is 1.00 bits per heavy atom. The van der Waals surface area contributed by atoms with E-state index in [1.807, 2.05) is 49.1 Å². The van der Waals surface area contributed by atoms with Crippen LogP contribution in [0.4, 0.5) is 0 Å². The zero-order valence-corrected chi connectivity index (χ0v) is 17.5. The van der Waals surface area contributed by atoms with E-state index in [9.17, 15) is 9.59 Å². The van der Waals surface area contributed by atoms with Crippen LogP contribution in [0.25, 0.3) is 10.8 Å². The van der Waals surface area contributed by atoms with Gasteiger partial charge in [-0.1, -0.05) is 32.0 Å². The smallest absolute Gasteiger partial charge is 0.275 e. The normalized spacial score (nSPS) is 15.1. The monoisotopic (exact) mass is 405 g/mol. The highest BCUT2D eigenvalue weighted by Gasteiger charge is 2.26. The molecule has 1 saturated heterocycles. The van der Waals surface area contributed by atoms with Crippen LogP contribution in [-0.2, 0) is 13.1 Å². The average Bonchev–Trinajstić information content (AvgIpc) is 2.76. The van der Waals surface area contributed by atoms with E-state index < -0.39 is 0 Å². The largest absolute Gasteiger partial charge is 0.335 e. The van der Waals surface area contributed by atoms with Crippen molar-refractivity contribution in [1.29, 1.82) is 0 Å². The number of fused-ring (bicyclic) bond motifs is 1. The van der Waals surface area contributed by atoms with Gasteiger partial charge < -0.3 is 4.90 Å². The van der Waals surface area contributed by atoms with Crippen LogP contribution in [-0.4, -0.2) is 56.7 Å². The van der Waals surface area contributed by atoms with Crippen molar-refractivity contribution in [2.45, 2.75) is 26.9 Å². The number of benzene rings is 1. The molecule has 0 bridgehead atoms. The molecule has 1 aromatic carbocycles. The molecule has 4 rings (SSSR count). The molecule has 1 amide bonds. The van der Waals surface area contributed by atoms with E-state index in [2.05, 4.69) is 15.0 Å². The second-order valence-electron chi connectivity index (χ2n) is 8.20. The van der Waals surface area contributed by atoms with E-state index >= 15 is 0 Å². The number of hydrogen-bond donors (Lipinski definition) is 0. The summed E-state index contributed by atoms with van der Waals surface area (Å²) < 4.78 is 1.44. The van der Waals surface area contributed by atoms with Gasteiger partial charge in [0.25, 0.3) is 11.5 Å². The molecule has 0 radical (unpaired) electrons. The quantitative estimate of drug-likeness (QED) is 0.652. The molecule has 30 heavy (non-hydrogen) atoms. The Kier molecular flexibility index (Phi) is 5.90. The predicted octanol–water partition coefficient (Wildman–Crippen LogP) is 2.41. The van der Waals surface area contributed by atoms with Crippen LogP contribution < -0.4 is 5.56 Å². The fourth-order valence-electron chi connectivity index (χ4n) is 3.87. The Bertz CT molecular complexity index is 1090. The molecule has 0 unspecified atom stereocenters. The average molecular weight is 406 g/mol. The van der Waals surface area contributed by atoms with E-state index in [1.54, 1.807) is 18.5 Å². The van der Waals surface area contributed by atoms with Gasteiger partial charge in [-0.25, -0.2) is 4.68 Å². The van der Waals surface area contributed by atoms with Crippen LogP contribution in [0, 0.1) is 5.92 Å². The van der Waals surface area contributed by atoms with Gasteiger partial charge in [0.1, 0.15) is 0 Å². The van der Waals surface area contributed by atoms with Crippen LogP contribution in [0.3, 0.4) is 0 Å². The summed E-state index contributed by atoms with van der Waals surface area (Å²) in [5.41, 5.74) is 1.45. The molecular formula is C23H27N5O2. The molecule has 0 N–H and O–H groups in total. The van der Waals surface area contributed by atoms with Crippen LogP contribution in [0.5, 0.6) is 0 Å². The van der Waals surface area contributed by atoms with Gasteiger partial charge in [-0.2, -0.15) is 5.10 Å². The molecule has 3 heterocycles. The van der Waals surface area contributed by atoms with Gasteiger partial charge in [0.15, 0.2) is 5.69 Å². The summed E-state index contributed by atoms with van der Waals surface area (Å²) in [6, 6.07) is 11.3. The van der Waals surface area contributed by atoms with Gasteiger partial charge in [0.05, 0.1) is 5.39 Å². The van der Waals surface area contributed by atoms with Gasteiger partial charge in [0, 0.05) is 57.0 Å². The van der Waals surface area contributed by atoms with Gasteiger partial charge in [0.2, 0.25) is 0 Å². The van der Waals surface area contributed by atoms with E-state index in [-0.39, 0.29) is 17.4 Å². The minimum atomic E-state index is -0.141. The van der Waals surface area contributed by atoms with Crippen LogP contribution >= 0.6 is 0 Å². The maximum Gasteiger partial charge on any atom is 0.275 e. The highest BCUT2D eigenvalue weighted by molar-refractivity contribution is 6.04. The van der Waals surface area contributed by atoms with Crippen molar-refractivity contribution >= 4 is 16.7 Å². The molecule has 7 heteroatoms.